The van der Waals surface area contributed by atoms with Gasteiger partial charge in [0.05, 0.1) is 48.7 Å². The molecule has 0 amide bonds. The molecule has 8 nitrogen and oxygen atoms in total. The quantitative estimate of drug-likeness (QED) is 0.0738. The summed E-state index contributed by atoms with van der Waals surface area (Å²) < 4.78 is 21.5. The van der Waals surface area contributed by atoms with E-state index in [0.29, 0.717) is 52.3 Å². The molecule has 8 aromatic carbocycles. The molecule has 0 atom stereocenters. The number of hydrogen-bond acceptors (Lipinski definition) is 8. The van der Waals surface area contributed by atoms with Crippen LogP contribution in [0.2, 0.25) is 10.0 Å². The van der Waals surface area contributed by atoms with Crippen LogP contribution in [0.15, 0.2) is 218 Å². The Morgan fingerprint density at radius 3 is 1.07 bits per heavy atom. The van der Waals surface area contributed by atoms with Gasteiger partial charge >= 0.3 is 23.9 Å². The average molecular weight is 1130 g/mol. The maximum absolute atomic E-state index is 12.0. The molecular weight excluding hydrogens is 1050 g/mol. The number of rotatable bonds is 15. The van der Waals surface area contributed by atoms with E-state index in [1.807, 2.05) is 81.4 Å². The largest absolute Gasteiger partial charge is 0.462 e. The van der Waals surface area contributed by atoms with Crippen molar-refractivity contribution in [2.45, 2.75) is 80.1 Å². The molecule has 0 heterocycles. The summed E-state index contributed by atoms with van der Waals surface area (Å²) in [5.74, 6) is -0.498. The van der Waals surface area contributed by atoms with Gasteiger partial charge in [0, 0.05) is 16.9 Å². The van der Waals surface area contributed by atoms with Crippen LogP contribution in [0, 0.1) is 38.0 Å². The normalized spacial score (nSPS) is 13.2. The first-order chi connectivity index (χ1) is 39.1. The first kappa shape index (κ1) is 64.0. The summed E-state index contributed by atoms with van der Waals surface area (Å²) in [6.45, 7) is 13.5. The fourth-order valence-electron chi connectivity index (χ4n) is 8.40. The van der Waals surface area contributed by atoms with E-state index >= 15 is 0 Å². The highest BCUT2D eigenvalue weighted by molar-refractivity contribution is 6.35. The summed E-state index contributed by atoms with van der Waals surface area (Å²) in [6, 6.07) is 68.8. The van der Waals surface area contributed by atoms with Gasteiger partial charge in [-0.2, -0.15) is 0 Å². The zero-order valence-corrected chi connectivity index (χ0v) is 49.0. The monoisotopic (exact) mass is 1130 g/mol. The minimum atomic E-state index is -0.463. The summed E-state index contributed by atoms with van der Waals surface area (Å²) in [6.07, 6.45) is 6.43. The van der Waals surface area contributed by atoms with Crippen LogP contribution in [0.3, 0.4) is 0 Å². The maximum atomic E-state index is 12.0. The van der Waals surface area contributed by atoms with Gasteiger partial charge in [-0.25, -0.2) is 19.2 Å². The second kappa shape index (κ2) is 35.1. The van der Waals surface area contributed by atoms with Crippen molar-refractivity contribution in [1.82, 2.24) is 0 Å². The van der Waals surface area contributed by atoms with Gasteiger partial charge in [-0.3, -0.25) is 0 Å². The summed E-state index contributed by atoms with van der Waals surface area (Å²) in [4.78, 5) is 47.8. The molecule has 0 bridgehead atoms. The van der Waals surface area contributed by atoms with Crippen molar-refractivity contribution >= 4 is 47.1 Å². The minimum absolute atomic E-state index is 0. The molecule has 10 heteroatoms. The number of halogens is 2. The molecule has 424 valence electrons. The maximum Gasteiger partial charge on any atom is 0.338 e. The summed E-state index contributed by atoms with van der Waals surface area (Å²) in [5, 5.41) is 1.41. The van der Waals surface area contributed by atoms with Gasteiger partial charge in [0.2, 0.25) is 0 Å². The fraction of sp³-hybridized carbons (Fsp3) is 0.268. The summed E-state index contributed by atoms with van der Waals surface area (Å²) >= 11 is 11.4. The van der Waals surface area contributed by atoms with Crippen LogP contribution in [0.5, 0.6) is 0 Å². The van der Waals surface area contributed by atoms with Crippen molar-refractivity contribution in [3.05, 3.63) is 273 Å². The first-order valence-electron chi connectivity index (χ1n) is 27.6. The number of ether oxygens (including phenoxy) is 4. The average Bonchev–Trinajstić information content (AvgIpc) is 3.63. The fourth-order valence-corrected chi connectivity index (χ4v) is 8.80. The van der Waals surface area contributed by atoms with Gasteiger partial charge < -0.3 is 18.9 Å². The first-order valence-corrected chi connectivity index (χ1v) is 28.3. The third-order valence-corrected chi connectivity index (χ3v) is 13.8. The Hall–Kier alpha value is -7.78. The lowest BCUT2D eigenvalue weighted by Crippen LogP contribution is -2.28. The number of aryl methyl sites for hydroxylation is 4. The number of carbonyl (C=O) groups is 4. The predicted octanol–water partition coefficient (Wildman–Crippen LogP) is 18.4. The second-order valence-electron chi connectivity index (χ2n) is 20.6. The number of carbonyl (C=O) groups excluding carboxylic acids is 4. The highest BCUT2D eigenvalue weighted by atomic mass is 35.5. The Morgan fingerprint density at radius 2 is 0.753 bits per heavy atom. The van der Waals surface area contributed by atoms with E-state index in [1.54, 1.807) is 78.9 Å². The van der Waals surface area contributed by atoms with Crippen LogP contribution < -0.4 is 0 Å². The molecule has 0 aliphatic heterocycles. The summed E-state index contributed by atoms with van der Waals surface area (Å²) in [5.41, 5.74) is 9.58. The van der Waals surface area contributed by atoms with E-state index in [0.717, 1.165) is 36.3 Å². The lowest BCUT2D eigenvalue weighted by atomic mass is 9.83. The van der Waals surface area contributed by atoms with Gasteiger partial charge in [0.1, 0.15) is 0 Å². The molecule has 0 aromatic heterocycles. The molecule has 0 spiro atoms. The van der Waals surface area contributed by atoms with Crippen LogP contribution >= 0.6 is 23.2 Å². The van der Waals surface area contributed by atoms with Crippen molar-refractivity contribution in [2.75, 3.05) is 26.4 Å². The Labute approximate surface area is 491 Å². The Balaban J connectivity index is 0.000000234. The molecule has 0 saturated heterocycles. The predicted molar refractivity (Wildman–Crippen MR) is 331 cm³/mol. The van der Waals surface area contributed by atoms with E-state index in [1.165, 1.54) is 40.7 Å². The van der Waals surface area contributed by atoms with Crippen molar-refractivity contribution in [2.24, 2.45) is 17.3 Å². The van der Waals surface area contributed by atoms with Crippen LogP contribution in [-0.4, -0.2) is 50.3 Å². The second-order valence-corrected chi connectivity index (χ2v) is 21.5. The smallest absolute Gasteiger partial charge is 0.338 e. The van der Waals surface area contributed by atoms with Crippen LogP contribution in [0.25, 0.3) is 11.1 Å². The number of benzene rings is 8. The molecule has 1 saturated carbocycles. The molecule has 9 rings (SSSR count). The minimum Gasteiger partial charge on any atom is -0.462 e. The summed E-state index contributed by atoms with van der Waals surface area (Å²) in [7, 11) is 0. The lowest BCUT2D eigenvalue weighted by Gasteiger charge is -2.27. The van der Waals surface area contributed by atoms with Crippen LogP contribution in [-0.2, 0) is 25.4 Å². The molecule has 0 radical (unpaired) electrons. The van der Waals surface area contributed by atoms with Crippen molar-refractivity contribution in [1.29, 1.82) is 0 Å². The highest BCUT2D eigenvalue weighted by Crippen LogP contribution is 2.30. The van der Waals surface area contributed by atoms with Gasteiger partial charge in [0.15, 0.2) is 0 Å². The third-order valence-electron chi connectivity index (χ3n) is 13.2. The van der Waals surface area contributed by atoms with E-state index in [2.05, 4.69) is 99.6 Å². The SMILES string of the molecule is CC(C)(COC(=O)c1ccccc1)COC(=O)c1ccccc1.CCCc1ccccc1.Cc1ccc(Cl)cc1Cl.Cc1ccccc1-c1ccccc1C.O=C(OCC1CCC(COC(=O)c2ccccc2)CC1)c1ccccc1.[HH]. The zero-order valence-electron chi connectivity index (χ0n) is 47.5. The zero-order chi connectivity index (χ0) is 58.2. The van der Waals surface area contributed by atoms with Gasteiger partial charge in [0.25, 0.3) is 0 Å². The van der Waals surface area contributed by atoms with Crippen LogP contribution in [0.4, 0.5) is 0 Å². The van der Waals surface area contributed by atoms with Crippen molar-refractivity contribution in [3.63, 3.8) is 0 Å². The highest BCUT2D eigenvalue weighted by Gasteiger charge is 2.25. The molecule has 1 fully saturated rings. The van der Waals surface area contributed by atoms with E-state index < -0.39 is 5.41 Å². The third kappa shape index (κ3) is 23.8. The Bertz CT molecular complexity index is 2950. The van der Waals surface area contributed by atoms with Crippen molar-refractivity contribution in [3.8, 4) is 11.1 Å². The van der Waals surface area contributed by atoms with E-state index in [4.69, 9.17) is 42.1 Å². The molecule has 8 aromatic rings. The lowest BCUT2D eigenvalue weighted by molar-refractivity contribution is 0.00611. The molecular formula is C71H78Cl2O8. The topological polar surface area (TPSA) is 105 Å². The van der Waals surface area contributed by atoms with Crippen molar-refractivity contribution < 1.29 is 39.6 Å². The Kier molecular flexibility index (Phi) is 27.7. The van der Waals surface area contributed by atoms with Gasteiger partial charge in [-0.15, -0.1) is 0 Å². The standard InChI is InChI=1S/C22H24O4.C19H20O4.C14H14.C9H12.C7H6Cl2.H2/c23-21(19-7-3-1-4-8-19)25-15-17-11-13-18(14-12-17)16-26-22(24)20-9-5-2-6-10-20;1-19(2,13-22-17(20)15-9-5-3-6-10-15)14-23-18(21)16-11-7-4-8-12-16;1-11-7-3-5-9-13(11)14-10-6-4-8-12(14)2;1-2-6-9-7-4-3-5-8-9;1-5-2-3-6(8)4-7(5)9;/h1-10,17-18H,11-16H2;3-12H,13-14H2,1-2H3;3-10H,1-2H3;3-5,7-8H,2,6H2,1H3;2-4H,1H3;1H. The van der Waals surface area contributed by atoms with Gasteiger partial charge in [-0.1, -0.05) is 208 Å². The van der Waals surface area contributed by atoms with E-state index in [9.17, 15) is 19.2 Å². The molecule has 0 N–H and O–H groups in total. The van der Waals surface area contributed by atoms with Crippen LogP contribution in [0.1, 0.15) is 118 Å². The number of esters is 4. The molecule has 1 aliphatic rings. The molecule has 0 unspecified atom stereocenters. The molecule has 81 heavy (non-hydrogen) atoms. The van der Waals surface area contributed by atoms with Gasteiger partial charge in [-0.05, 0) is 159 Å². The molecule has 1 aliphatic carbocycles. The number of hydrogen-bond donors (Lipinski definition) is 0. The van der Waals surface area contributed by atoms with E-state index in [-0.39, 0.29) is 38.5 Å². The Morgan fingerprint density at radius 1 is 0.432 bits per heavy atom.